The van der Waals surface area contributed by atoms with E-state index in [1.807, 2.05) is 6.08 Å². The molecule has 0 aliphatic carbocycles. The van der Waals surface area contributed by atoms with Gasteiger partial charge in [-0.15, -0.1) is 0 Å². The van der Waals surface area contributed by atoms with Gasteiger partial charge in [-0.05, 0) is 64.2 Å². The second-order valence-electron chi connectivity index (χ2n) is 18.0. The molecule has 384 valence electrons. The van der Waals surface area contributed by atoms with Gasteiger partial charge in [0.15, 0.2) is 18.7 Å². The van der Waals surface area contributed by atoms with Crippen molar-refractivity contribution < 1.29 is 73.8 Å². The Balaban J connectivity index is 1.84. The molecule has 4 unspecified atom stereocenters. The molecule has 0 spiro atoms. The number of carbonyl (C=O) groups is 2. The van der Waals surface area contributed by atoms with Gasteiger partial charge in [0.1, 0.15) is 55.4 Å². The van der Waals surface area contributed by atoms with E-state index in [0.29, 0.717) is 19.3 Å². The van der Waals surface area contributed by atoms with Gasteiger partial charge in [-0.1, -0.05) is 140 Å². The van der Waals surface area contributed by atoms with E-state index in [1.54, 1.807) is 0 Å². The largest absolute Gasteiger partial charge is 0.462 e. The van der Waals surface area contributed by atoms with Gasteiger partial charge >= 0.3 is 11.9 Å². The highest BCUT2D eigenvalue weighted by atomic mass is 16.7. The molecule has 0 amide bonds. The van der Waals surface area contributed by atoms with Crippen LogP contribution in [0.5, 0.6) is 0 Å². The topological polar surface area (TPSA) is 231 Å². The minimum absolute atomic E-state index is 0.0987. The van der Waals surface area contributed by atoms with Crippen LogP contribution in [0, 0.1) is 0 Å². The van der Waals surface area contributed by atoms with Crippen molar-refractivity contribution in [2.45, 2.75) is 248 Å². The fourth-order valence-corrected chi connectivity index (χ4v) is 7.84. The zero-order valence-corrected chi connectivity index (χ0v) is 40.4. The van der Waals surface area contributed by atoms with Crippen molar-refractivity contribution in [3.8, 4) is 0 Å². The molecule has 0 aromatic carbocycles. The van der Waals surface area contributed by atoms with Crippen LogP contribution in [0.15, 0.2) is 36.5 Å². The molecule has 2 aliphatic rings. The maximum atomic E-state index is 13.0. The first-order valence-electron chi connectivity index (χ1n) is 25.6. The molecule has 0 saturated carbocycles. The molecular formula is C51H90O15. The van der Waals surface area contributed by atoms with Crippen LogP contribution in [-0.4, -0.2) is 142 Å². The maximum Gasteiger partial charge on any atom is 0.306 e. The molecule has 0 aromatic rings. The number of hydrogen-bond acceptors (Lipinski definition) is 15. The number of carbonyl (C=O) groups excluding carboxylic acids is 2. The summed E-state index contributed by atoms with van der Waals surface area (Å²) in [5.74, 6) is -0.996. The summed E-state index contributed by atoms with van der Waals surface area (Å²) in [6, 6.07) is 0. The van der Waals surface area contributed by atoms with Gasteiger partial charge in [0.25, 0.3) is 0 Å². The molecule has 7 N–H and O–H groups in total. The van der Waals surface area contributed by atoms with E-state index in [1.165, 1.54) is 96.3 Å². The van der Waals surface area contributed by atoms with Crippen molar-refractivity contribution in [1.82, 2.24) is 0 Å². The number of unbranched alkanes of at least 4 members (excludes halogenated alkanes) is 19. The van der Waals surface area contributed by atoms with Crippen LogP contribution < -0.4 is 0 Å². The fourth-order valence-electron chi connectivity index (χ4n) is 7.84. The smallest absolute Gasteiger partial charge is 0.306 e. The average molecular weight is 943 g/mol. The van der Waals surface area contributed by atoms with E-state index in [-0.39, 0.29) is 19.4 Å². The summed E-state index contributed by atoms with van der Waals surface area (Å²) in [6.45, 7) is 2.52. The van der Waals surface area contributed by atoms with E-state index in [4.69, 9.17) is 28.4 Å². The number of aliphatic hydroxyl groups excluding tert-OH is 7. The molecule has 2 heterocycles. The lowest BCUT2D eigenvalue weighted by molar-refractivity contribution is -0.332. The quantitative estimate of drug-likeness (QED) is 0.0188. The lowest BCUT2D eigenvalue weighted by atomic mass is 9.98. The minimum atomic E-state index is -1.77. The summed E-state index contributed by atoms with van der Waals surface area (Å²) in [4.78, 5) is 25.7. The lowest BCUT2D eigenvalue weighted by Gasteiger charge is -2.42. The van der Waals surface area contributed by atoms with Crippen LogP contribution in [0.25, 0.3) is 0 Å². The van der Waals surface area contributed by atoms with E-state index in [2.05, 4.69) is 44.2 Å². The third-order valence-electron chi connectivity index (χ3n) is 12.1. The van der Waals surface area contributed by atoms with Gasteiger partial charge in [0.2, 0.25) is 0 Å². The van der Waals surface area contributed by atoms with Crippen LogP contribution in [0.3, 0.4) is 0 Å². The van der Waals surface area contributed by atoms with E-state index in [9.17, 15) is 45.3 Å². The van der Waals surface area contributed by atoms with E-state index in [0.717, 1.165) is 38.5 Å². The Hall–Kier alpha value is -2.28. The summed E-state index contributed by atoms with van der Waals surface area (Å²) in [5.41, 5.74) is 0. The molecule has 2 saturated heterocycles. The first-order valence-corrected chi connectivity index (χ1v) is 25.6. The predicted molar refractivity (Wildman–Crippen MR) is 252 cm³/mol. The molecular weight excluding hydrogens is 853 g/mol. The number of ether oxygens (including phenoxy) is 6. The Kier molecular flexibility index (Phi) is 35.0. The molecule has 11 atom stereocenters. The molecule has 2 aliphatic heterocycles. The second-order valence-corrected chi connectivity index (χ2v) is 18.0. The normalized spacial score (nSPS) is 26.4. The van der Waals surface area contributed by atoms with Crippen molar-refractivity contribution in [2.24, 2.45) is 0 Å². The summed E-state index contributed by atoms with van der Waals surface area (Å²) in [7, 11) is 0. The molecule has 66 heavy (non-hydrogen) atoms. The van der Waals surface area contributed by atoms with Crippen LogP contribution in [-0.2, 0) is 38.0 Å². The summed E-state index contributed by atoms with van der Waals surface area (Å²) < 4.78 is 33.5. The van der Waals surface area contributed by atoms with Crippen LogP contribution in [0.2, 0.25) is 0 Å². The minimum Gasteiger partial charge on any atom is -0.462 e. The molecule has 15 heteroatoms. The number of hydrogen-bond donors (Lipinski definition) is 7. The number of allylic oxidation sites excluding steroid dienone is 6. The second kappa shape index (κ2) is 38.6. The highest BCUT2D eigenvalue weighted by Crippen LogP contribution is 2.26. The van der Waals surface area contributed by atoms with Crippen LogP contribution in [0.1, 0.15) is 181 Å². The first kappa shape index (κ1) is 59.8. The van der Waals surface area contributed by atoms with Crippen molar-refractivity contribution in [2.75, 3.05) is 26.4 Å². The Morgan fingerprint density at radius 2 is 0.924 bits per heavy atom. The Bertz CT molecular complexity index is 1290. The third-order valence-corrected chi connectivity index (χ3v) is 12.1. The van der Waals surface area contributed by atoms with Gasteiger partial charge in [-0.2, -0.15) is 0 Å². The number of rotatable bonds is 39. The van der Waals surface area contributed by atoms with Gasteiger partial charge in [-0.25, -0.2) is 0 Å². The van der Waals surface area contributed by atoms with Gasteiger partial charge in [0.05, 0.1) is 19.8 Å². The number of aliphatic hydroxyl groups is 7. The van der Waals surface area contributed by atoms with Crippen LogP contribution in [0.4, 0.5) is 0 Å². The average Bonchev–Trinajstić information content (AvgIpc) is 3.31. The summed E-state index contributed by atoms with van der Waals surface area (Å²) in [6.07, 6.45) is 23.3. The van der Waals surface area contributed by atoms with Crippen LogP contribution >= 0.6 is 0 Å². The van der Waals surface area contributed by atoms with Crippen molar-refractivity contribution in [3.05, 3.63) is 36.5 Å². The Morgan fingerprint density at radius 3 is 1.47 bits per heavy atom. The zero-order valence-electron chi connectivity index (χ0n) is 40.4. The third kappa shape index (κ3) is 26.5. The molecule has 2 rings (SSSR count). The Morgan fingerprint density at radius 1 is 0.485 bits per heavy atom. The Labute approximate surface area is 395 Å². The van der Waals surface area contributed by atoms with E-state index < -0.39 is 99.3 Å². The molecule has 2 fully saturated rings. The SMILES string of the molecule is CCCCCCCC/C=C/CCCCCC(=O)OC[C@H](CO[C@H]1O[C@@H](CO[C@H]2O[C@@H](CO)[C@@H](O)C(O)C2O)[C@@H](O)C(O)C1O)OC(=O)CCC/C=C/C/C=C/CCCCCCCCCCC. The molecule has 15 nitrogen and oxygen atoms in total. The zero-order chi connectivity index (χ0) is 48.2. The summed E-state index contributed by atoms with van der Waals surface area (Å²) in [5, 5.41) is 72.0. The standard InChI is InChI=1S/C51H90O15/c1-3-5-7-9-11-13-15-17-18-19-20-22-24-26-28-30-32-34-43(54)64-39(36-61-42(53)33-31-29-27-25-23-21-16-14-12-10-8-6-4-2)37-62-50-49(60)47(58)45(56)41(66-50)38-63-51-48(59)46(57)44(55)40(35-52)65-51/h20-23,26,28,39-41,44-52,55-60H,3-19,24-25,27,29-38H2,1-2H3/b22-20+,23-21+,28-26+/t39-,40+,41+,44-,45-,46?,47?,48?,49?,50+,51+/m1/s1. The molecule has 0 radical (unpaired) electrons. The van der Waals surface area contributed by atoms with Gasteiger partial charge in [-0.3, -0.25) is 9.59 Å². The monoisotopic (exact) mass is 943 g/mol. The highest BCUT2D eigenvalue weighted by molar-refractivity contribution is 5.70. The fraction of sp³-hybridized carbons (Fsp3) is 0.843. The highest BCUT2D eigenvalue weighted by Gasteiger charge is 2.47. The summed E-state index contributed by atoms with van der Waals surface area (Å²) >= 11 is 0. The van der Waals surface area contributed by atoms with Gasteiger partial charge < -0.3 is 64.2 Å². The molecule has 0 bridgehead atoms. The van der Waals surface area contributed by atoms with E-state index >= 15 is 0 Å². The first-order chi connectivity index (χ1) is 32.0. The molecule has 0 aromatic heterocycles. The van der Waals surface area contributed by atoms with Crippen molar-refractivity contribution in [3.63, 3.8) is 0 Å². The van der Waals surface area contributed by atoms with Gasteiger partial charge in [0, 0.05) is 12.8 Å². The number of esters is 2. The predicted octanol–water partition coefficient (Wildman–Crippen LogP) is 6.93. The maximum absolute atomic E-state index is 13.0. The lowest BCUT2D eigenvalue weighted by Crippen LogP contribution is -2.61. The van der Waals surface area contributed by atoms with Crippen molar-refractivity contribution >= 4 is 11.9 Å². The van der Waals surface area contributed by atoms with Crippen molar-refractivity contribution in [1.29, 1.82) is 0 Å².